The van der Waals surface area contributed by atoms with Gasteiger partial charge in [-0.2, -0.15) is 0 Å². The Bertz CT molecular complexity index is 758. The van der Waals surface area contributed by atoms with Crippen LogP contribution < -0.4 is 14.8 Å². The van der Waals surface area contributed by atoms with E-state index in [2.05, 4.69) is 21.2 Å². The molecule has 3 rings (SSSR count). The van der Waals surface area contributed by atoms with Crippen molar-refractivity contribution in [1.82, 2.24) is 5.32 Å². The summed E-state index contributed by atoms with van der Waals surface area (Å²) in [4.78, 5) is 24.0. The maximum absolute atomic E-state index is 12.0. The van der Waals surface area contributed by atoms with Crippen LogP contribution in [0.2, 0.25) is 0 Å². The van der Waals surface area contributed by atoms with E-state index in [1.165, 1.54) is 0 Å². The Morgan fingerprint density at radius 3 is 2.54 bits per heavy atom. The number of nitrogens with one attached hydrogen (secondary N) is 1. The Morgan fingerprint density at radius 2 is 1.75 bits per heavy atom. The normalized spacial score (nSPS) is 12.0. The van der Waals surface area contributed by atoms with Crippen molar-refractivity contribution in [3.05, 3.63) is 58.1 Å². The third kappa shape index (κ3) is 4.14. The van der Waals surface area contributed by atoms with Crippen molar-refractivity contribution in [2.75, 3.05) is 6.79 Å². The molecule has 1 N–H and O–H groups in total. The molecule has 0 spiro atoms. The summed E-state index contributed by atoms with van der Waals surface area (Å²) in [5.41, 5.74) is 1.54. The van der Waals surface area contributed by atoms with Gasteiger partial charge in [-0.1, -0.05) is 34.1 Å². The van der Waals surface area contributed by atoms with Crippen molar-refractivity contribution in [1.29, 1.82) is 0 Å². The molecule has 1 amide bonds. The van der Waals surface area contributed by atoms with Crippen molar-refractivity contribution in [3.8, 4) is 11.5 Å². The number of hydrogen-bond acceptors (Lipinski definition) is 4. The molecule has 1 heterocycles. The van der Waals surface area contributed by atoms with Crippen LogP contribution in [0.5, 0.6) is 11.5 Å². The van der Waals surface area contributed by atoms with Gasteiger partial charge in [0.05, 0.1) is 0 Å². The molecule has 6 heteroatoms. The van der Waals surface area contributed by atoms with E-state index in [9.17, 15) is 9.59 Å². The van der Waals surface area contributed by atoms with Gasteiger partial charge in [0.25, 0.3) is 0 Å². The second-order valence-corrected chi connectivity index (χ2v) is 6.31. The molecule has 2 aromatic rings. The molecule has 0 aliphatic carbocycles. The largest absolute Gasteiger partial charge is 0.454 e. The van der Waals surface area contributed by atoms with Crippen LogP contribution >= 0.6 is 15.9 Å². The van der Waals surface area contributed by atoms with Crippen molar-refractivity contribution in [2.45, 2.75) is 19.4 Å². The van der Waals surface area contributed by atoms with Crippen LogP contribution in [0.3, 0.4) is 0 Å². The standard InChI is InChI=1S/C18H16BrNO4/c19-14-4-2-13(3-5-14)15(21)6-8-18(22)20-10-12-1-7-16-17(9-12)24-11-23-16/h1-5,7,9H,6,8,10-11H2,(H,20,22). The second kappa shape index (κ2) is 7.49. The van der Waals surface area contributed by atoms with Crippen LogP contribution in [0, 0.1) is 0 Å². The van der Waals surface area contributed by atoms with Crippen LogP contribution in [0.25, 0.3) is 0 Å². The highest BCUT2D eigenvalue weighted by atomic mass is 79.9. The van der Waals surface area contributed by atoms with Gasteiger partial charge in [-0.25, -0.2) is 0 Å². The molecule has 0 saturated heterocycles. The predicted octanol–water partition coefficient (Wildman–Crippen LogP) is 3.46. The molecule has 0 saturated carbocycles. The monoisotopic (exact) mass is 389 g/mol. The van der Waals surface area contributed by atoms with Gasteiger partial charge in [0, 0.05) is 29.4 Å². The van der Waals surface area contributed by atoms with E-state index in [-0.39, 0.29) is 31.3 Å². The minimum Gasteiger partial charge on any atom is -0.454 e. The quantitative estimate of drug-likeness (QED) is 0.768. The molecule has 0 bridgehead atoms. The first kappa shape index (κ1) is 16.5. The fraction of sp³-hybridized carbons (Fsp3) is 0.222. The van der Waals surface area contributed by atoms with Gasteiger partial charge >= 0.3 is 0 Å². The van der Waals surface area contributed by atoms with Gasteiger partial charge in [-0.05, 0) is 29.8 Å². The highest BCUT2D eigenvalue weighted by Gasteiger charge is 2.14. The highest BCUT2D eigenvalue weighted by molar-refractivity contribution is 9.10. The lowest BCUT2D eigenvalue weighted by Gasteiger charge is -2.06. The maximum Gasteiger partial charge on any atom is 0.231 e. The second-order valence-electron chi connectivity index (χ2n) is 5.39. The fourth-order valence-corrected chi connectivity index (χ4v) is 2.61. The lowest BCUT2D eigenvalue weighted by Crippen LogP contribution is -2.23. The number of benzene rings is 2. The molecule has 1 aliphatic heterocycles. The lowest BCUT2D eigenvalue weighted by molar-refractivity contribution is -0.121. The Hall–Kier alpha value is -2.34. The van der Waals surface area contributed by atoms with Gasteiger partial charge in [-0.15, -0.1) is 0 Å². The minimum absolute atomic E-state index is 0.0410. The van der Waals surface area contributed by atoms with Crippen LogP contribution in [0.4, 0.5) is 0 Å². The van der Waals surface area contributed by atoms with Crippen molar-refractivity contribution < 1.29 is 19.1 Å². The Kier molecular flexibility index (Phi) is 5.15. The summed E-state index contributed by atoms with van der Waals surface area (Å²) in [5, 5.41) is 2.81. The zero-order valence-electron chi connectivity index (χ0n) is 12.9. The maximum atomic E-state index is 12.0. The zero-order chi connectivity index (χ0) is 16.9. The summed E-state index contributed by atoms with van der Waals surface area (Å²) in [5.74, 6) is 1.20. The van der Waals surface area contributed by atoms with E-state index in [1.54, 1.807) is 12.1 Å². The Morgan fingerprint density at radius 1 is 1.00 bits per heavy atom. The topological polar surface area (TPSA) is 64.6 Å². The zero-order valence-corrected chi connectivity index (χ0v) is 14.5. The molecule has 0 unspecified atom stereocenters. The number of fused-ring (bicyclic) bond motifs is 1. The van der Waals surface area contributed by atoms with Crippen molar-refractivity contribution >= 4 is 27.6 Å². The summed E-state index contributed by atoms with van der Waals surface area (Å²) in [7, 11) is 0. The first-order valence-electron chi connectivity index (χ1n) is 7.56. The van der Waals surface area contributed by atoms with E-state index in [4.69, 9.17) is 9.47 Å². The molecule has 1 aliphatic rings. The number of Topliss-reactive ketones (excluding diaryl/α,β-unsaturated/α-hetero) is 1. The number of carbonyl (C=O) groups excluding carboxylic acids is 2. The highest BCUT2D eigenvalue weighted by Crippen LogP contribution is 2.32. The summed E-state index contributed by atoms with van der Waals surface area (Å²) >= 11 is 3.33. The van der Waals surface area contributed by atoms with Gasteiger partial charge in [0.1, 0.15) is 0 Å². The summed E-state index contributed by atoms with van der Waals surface area (Å²) < 4.78 is 11.5. The van der Waals surface area contributed by atoms with E-state index in [0.29, 0.717) is 23.6 Å². The van der Waals surface area contributed by atoms with Crippen LogP contribution in [0.15, 0.2) is 46.9 Å². The average Bonchev–Trinajstić information content (AvgIpc) is 3.06. The molecule has 5 nitrogen and oxygen atoms in total. The molecule has 2 aromatic carbocycles. The molecule has 0 aromatic heterocycles. The third-order valence-corrected chi connectivity index (χ3v) is 4.20. The number of rotatable bonds is 6. The molecule has 0 fully saturated rings. The van der Waals surface area contributed by atoms with Gasteiger partial charge in [0.15, 0.2) is 17.3 Å². The number of hydrogen-bond donors (Lipinski definition) is 1. The fourth-order valence-electron chi connectivity index (χ4n) is 2.35. The molecule has 0 atom stereocenters. The summed E-state index contributed by atoms with van der Waals surface area (Å²) in [6.07, 6.45) is 0.355. The number of ether oxygens (including phenoxy) is 2. The SMILES string of the molecule is O=C(CCC(=O)c1ccc(Br)cc1)NCc1ccc2c(c1)OCO2. The molecular weight excluding hydrogens is 374 g/mol. The van der Waals surface area contributed by atoms with E-state index in [0.717, 1.165) is 10.0 Å². The number of amides is 1. The first-order valence-corrected chi connectivity index (χ1v) is 8.35. The first-order chi connectivity index (χ1) is 11.6. The molecule has 24 heavy (non-hydrogen) atoms. The van der Waals surface area contributed by atoms with E-state index >= 15 is 0 Å². The Labute approximate surface area is 148 Å². The van der Waals surface area contributed by atoms with Crippen LogP contribution in [-0.4, -0.2) is 18.5 Å². The van der Waals surface area contributed by atoms with E-state index < -0.39 is 0 Å². The van der Waals surface area contributed by atoms with Crippen LogP contribution in [0.1, 0.15) is 28.8 Å². The average molecular weight is 390 g/mol. The molecular formula is C18H16BrNO4. The van der Waals surface area contributed by atoms with Crippen LogP contribution in [-0.2, 0) is 11.3 Å². The van der Waals surface area contributed by atoms with Crippen molar-refractivity contribution in [2.24, 2.45) is 0 Å². The Balaban J connectivity index is 1.46. The molecule has 0 radical (unpaired) electrons. The summed E-state index contributed by atoms with van der Waals surface area (Å²) in [6.45, 7) is 0.616. The van der Waals surface area contributed by atoms with Gasteiger partial charge < -0.3 is 14.8 Å². The predicted molar refractivity (Wildman–Crippen MR) is 92.1 cm³/mol. The summed E-state index contributed by atoms with van der Waals surface area (Å²) in [6, 6.07) is 12.7. The third-order valence-electron chi connectivity index (χ3n) is 3.67. The van der Waals surface area contributed by atoms with E-state index in [1.807, 2.05) is 30.3 Å². The smallest absolute Gasteiger partial charge is 0.231 e. The lowest BCUT2D eigenvalue weighted by atomic mass is 10.1. The number of carbonyl (C=O) groups is 2. The molecule has 124 valence electrons. The van der Waals surface area contributed by atoms with Gasteiger partial charge in [0.2, 0.25) is 12.7 Å². The number of halogens is 1. The number of ketones is 1. The van der Waals surface area contributed by atoms with Gasteiger partial charge in [-0.3, -0.25) is 9.59 Å². The van der Waals surface area contributed by atoms with Crippen molar-refractivity contribution in [3.63, 3.8) is 0 Å². The minimum atomic E-state index is -0.155.